The number of piperidine rings is 1. The SMILES string of the molecule is CCn1ccnc1CN1CCCCC1c1cc(C(=O)N2CCOCC2)n[nH]1. The highest BCUT2D eigenvalue weighted by Crippen LogP contribution is 2.31. The third-order valence-electron chi connectivity index (χ3n) is 5.57. The molecule has 1 amide bonds. The average molecular weight is 372 g/mol. The first-order chi connectivity index (χ1) is 13.3. The molecule has 4 rings (SSSR count). The summed E-state index contributed by atoms with van der Waals surface area (Å²) in [7, 11) is 0. The highest BCUT2D eigenvalue weighted by atomic mass is 16.5. The second-order valence-corrected chi connectivity index (χ2v) is 7.22. The maximum atomic E-state index is 12.7. The molecule has 2 aromatic rings. The van der Waals surface area contributed by atoms with Gasteiger partial charge in [0.05, 0.1) is 31.5 Å². The minimum Gasteiger partial charge on any atom is -0.378 e. The van der Waals surface area contributed by atoms with E-state index in [1.54, 1.807) is 0 Å². The van der Waals surface area contributed by atoms with E-state index in [0.717, 1.165) is 37.6 Å². The van der Waals surface area contributed by atoms with Crippen molar-refractivity contribution in [3.05, 3.63) is 35.7 Å². The summed E-state index contributed by atoms with van der Waals surface area (Å²) in [6.07, 6.45) is 7.35. The van der Waals surface area contributed by atoms with Crippen molar-refractivity contribution in [3.8, 4) is 0 Å². The Labute approximate surface area is 159 Å². The molecule has 2 aliphatic rings. The highest BCUT2D eigenvalue weighted by molar-refractivity contribution is 5.92. The summed E-state index contributed by atoms with van der Waals surface area (Å²) < 4.78 is 7.52. The molecular weight excluding hydrogens is 344 g/mol. The Bertz CT molecular complexity index is 764. The van der Waals surface area contributed by atoms with Crippen molar-refractivity contribution in [1.29, 1.82) is 0 Å². The lowest BCUT2D eigenvalue weighted by Gasteiger charge is -2.34. The zero-order valence-corrected chi connectivity index (χ0v) is 15.9. The maximum Gasteiger partial charge on any atom is 0.274 e. The molecule has 146 valence electrons. The predicted molar refractivity (Wildman–Crippen MR) is 100 cm³/mol. The molecule has 1 N–H and O–H groups in total. The molecule has 0 aromatic carbocycles. The minimum absolute atomic E-state index is 0.00955. The lowest BCUT2D eigenvalue weighted by Crippen LogP contribution is -2.40. The van der Waals surface area contributed by atoms with Crippen LogP contribution < -0.4 is 0 Å². The number of aromatic nitrogens is 4. The van der Waals surface area contributed by atoms with Gasteiger partial charge < -0.3 is 14.2 Å². The Morgan fingerprint density at radius 1 is 1.30 bits per heavy atom. The number of aryl methyl sites for hydroxylation is 1. The van der Waals surface area contributed by atoms with Gasteiger partial charge in [-0.3, -0.25) is 14.8 Å². The first kappa shape index (κ1) is 18.2. The van der Waals surface area contributed by atoms with Crippen LogP contribution in [0.25, 0.3) is 0 Å². The summed E-state index contributed by atoms with van der Waals surface area (Å²) in [6.45, 7) is 7.39. The van der Waals surface area contributed by atoms with Crippen LogP contribution in [-0.2, 0) is 17.8 Å². The normalized spacial score (nSPS) is 21.5. The number of morpholine rings is 1. The molecule has 0 saturated carbocycles. The molecule has 1 unspecified atom stereocenters. The maximum absolute atomic E-state index is 12.7. The second kappa shape index (κ2) is 8.22. The fourth-order valence-electron chi connectivity index (χ4n) is 4.04. The fraction of sp³-hybridized carbons (Fsp3) is 0.632. The van der Waals surface area contributed by atoms with Crippen molar-refractivity contribution in [2.24, 2.45) is 0 Å². The van der Waals surface area contributed by atoms with Gasteiger partial charge in [0.25, 0.3) is 5.91 Å². The number of nitrogens with one attached hydrogen (secondary N) is 1. The van der Waals surface area contributed by atoms with E-state index < -0.39 is 0 Å². The number of nitrogens with zero attached hydrogens (tertiary/aromatic N) is 5. The van der Waals surface area contributed by atoms with Crippen LogP contribution in [0.4, 0.5) is 0 Å². The topological polar surface area (TPSA) is 79.3 Å². The number of amides is 1. The van der Waals surface area contributed by atoms with Crippen LogP contribution in [0.15, 0.2) is 18.5 Å². The van der Waals surface area contributed by atoms with Gasteiger partial charge in [0.15, 0.2) is 0 Å². The van der Waals surface area contributed by atoms with E-state index in [1.807, 2.05) is 23.4 Å². The van der Waals surface area contributed by atoms with Crippen LogP contribution in [0.2, 0.25) is 0 Å². The molecular formula is C19H28N6O2. The van der Waals surface area contributed by atoms with Gasteiger partial charge >= 0.3 is 0 Å². The van der Waals surface area contributed by atoms with Crippen molar-refractivity contribution >= 4 is 5.91 Å². The number of carbonyl (C=O) groups excluding carboxylic acids is 1. The van der Waals surface area contributed by atoms with Crippen LogP contribution in [0, 0.1) is 0 Å². The number of imidazole rings is 1. The van der Waals surface area contributed by atoms with Crippen molar-refractivity contribution in [3.63, 3.8) is 0 Å². The van der Waals surface area contributed by atoms with Crippen molar-refractivity contribution in [2.45, 2.75) is 45.3 Å². The van der Waals surface area contributed by atoms with Gasteiger partial charge in [0.2, 0.25) is 0 Å². The number of hydrogen-bond donors (Lipinski definition) is 1. The predicted octanol–water partition coefficient (Wildman–Crippen LogP) is 1.83. The van der Waals surface area contributed by atoms with E-state index in [0.29, 0.717) is 32.0 Å². The molecule has 0 aliphatic carbocycles. The standard InChI is InChI=1S/C19H28N6O2/c1-2-23-8-6-20-18(23)14-25-7-4-3-5-17(25)15-13-16(22-21-15)19(26)24-9-11-27-12-10-24/h6,8,13,17H,2-5,7,9-12,14H2,1H3,(H,21,22). The molecule has 0 spiro atoms. The van der Waals surface area contributed by atoms with Crippen LogP contribution in [0.5, 0.6) is 0 Å². The van der Waals surface area contributed by atoms with E-state index in [1.165, 1.54) is 12.8 Å². The number of rotatable bonds is 5. The average Bonchev–Trinajstić information content (AvgIpc) is 3.38. The number of likely N-dealkylation sites (tertiary alicyclic amines) is 1. The quantitative estimate of drug-likeness (QED) is 0.866. The summed E-state index contributed by atoms with van der Waals surface area (Å²) in [6, 6.07) is 2.19. The van der Waals surface area contributed by atoms with E-state index in [9.17, 15) is 4.79 Å². The Kier molecular flexibility index (Phi) is 5.54. The Balaban J connectivity index is 1.49. The van der Waals surface area contributed by atoms with Gasteiger partial charge in [-0.1, -0.05) is 6.42 Å². The fourth-order valence-corrected chi connectivity index (χ4v) is 4.04. The van der Waals surface area contributed by atoms with Gasteiger partial charge in [-0.05, 0) is 32.4 Å². The molecule has 2 aromatic heterocycles. The number of aromatic amines is 1. The van der Waals surface area contributed by atoms with Crippen LogP contribution >= 0.6 is 0 Å². The molecule has 4 heterocycles. The Morgan fingerprint density at radius 2 is 2.15 bits per heavy atom. The van der Waals surface area contributed by atoms with Gasteiger partial charge in [0.1, 0.15) is 11.5 Å². The lowest BCUT2D eigenvalue weighted by atomic mass is 9.99. The largest absolute Gasteiger partial charge is 0.378 e. The number of H-pyrrole nitrogens is 1. The molecule has 8 heteroatoms. The van der Waals surface area contributed by atoms with Crippen molar-refractivity contribution in [1.82, 2.24) is 29.5 Å². The molecule has 0 radical (unpaired) electrons. The van der Waals surface area contributed by atoms with Crippen molar-refractivity contribution < 1.29 is 9.53 Å². The van der Waals surface area contributed by atoms with E-state index in [2.05, 4.69) is 31.6 Å². The smallest absolute Gasteiger partial charge is 0.274 e. The molecule has 0 bridgehead atoms. The summed E-state index contributed by atoms with van der Waals surface area (Å²) >= 11 is 0. The molecule has 2 fully saturated rings. The summed E-state index contributed by atoms with van der Waals surface area (Å²) in [5.74, 6) is 1.08. The molecule has 1 atom stereocenters. The molecule has 2 saturated heterocycles. The molecule has 2 aliphatic heterocycles. The summed E-state index contributed by atoms with van der Waals surface area (Å²) in [5.41, 5.74) is 1.54. The van der Waals surface area contributed by atoms with Gasteiger partial charge in [-0.25, -0.2) is 4.98 Å². The van der Waals surface area contributed by atoms with Crippen LogP contribution in [0.3, 0.4) is 0 Å². The number of hydrogen-bond acceptors (Lipinski definition) is 5. The number of carbonyl (C=O) groups is 1. The van der Waals surface area contributed by atoms with E-state index in [4.69, 9.17) is 4.74 Å². The molecule has 27 heavy (non-hydrogen) atoms. The van der Waals surface area contributed by atoms with Crippen molar-refractivity contribution in [2.75, 3.05) is 32.8 Å². The minimum atomic E-state index is -0.00955. The van der Waals surface area contributed by atoms with Crippen LogP contribution in [-0.4, -0.2) is 68.3 Å². The zero-order valence-electron chi connectivity index (χ0n) is 15.9. The highest BCUT2D eigenvalue weighted by Gasteiger charge is 2.28. The Morgan fingerprint density at radius 3 is 2.96 bits per heavy atom. The Hall–Kier alpha value is -2.19. The van der Waals surface area contributed by atoms with E-state index >= 15 is 0 Å². The number of ether oxygens (including phenoxy) is 1. The second-order valence-electron chi connectivity index (χ2n) is 7.22. The van der Waals surface area contributed by atoms with Gasteiger partial charge in [-0.2, -0.15) is 5.10 Å². The lowest BCUT2D eigenvalue weighted by molar-refractivity contribution is 0.0299. The third-order valence-corrected chi connectivity index (χ3v) is 5.57. The monoisotopic (exact) mass is 372 g/mol. The first-order valence-electron chi connectivity index (χ1n) is 9.92. The van der Waals surface area contributed by atoms with Gasteiger partial charge in [0, 0.05) is 32.0 Å². The van der Waals surface area contributed by atoms with Crippen LogP contribution in [0.1, 0.15) is 54.2 Å². The summed E-state index contributed by atoms with van der Waals surface area (Å²) in [4.78, 5) is 21.5. The van der Waals surface area contributed by atoms with Gasteiger partial charge in [-0.15, -0.1) is 0 Å². The third kappa shape index (κ3) is 3.91. The zero-order chi connectivity index (χ0) is 18.6. The molecule has 8 nitrogen and oxygen atoms in total. The summed E-state index contributed by atoms with van der Waals surface area (Å²) in [5, 5.41) is 7.46. The first-order valence-corrected chi connectivity index (χ1v) is 9.92. The van der Waals surface area contributed by atoms with E-state index in [-0.39, 0.29) is 11.9 Å².